The number of rotatable bonds is 0. The van der Waals surface area contributed by atoms with Crippen LogP contribution in [-0.4, -0.2) is 0 Å². The summed E-state index contributed by atoms with van der Waals surface area (Å²) in [5.74, 6) is 0. The Morgan fingerprint density at radius 2 is 1.25 bits per heavy atom. The van der Waals surface area contributed by atoms with Crippen molar-refractivity contribution in [3.63, 3.8) is 0 Å². The summed E-state index contributed by atoms with van der Waals surface area (Å²) in [4.78, 5) is 0. The predicted molar refractivity (Wildman–Crippen MR) is 70.6 cm³/mol. The molecule has 0 aliphatic heterocycles. The molecule has 84 valence electrons. The molecule has 0 aromatic heterocycles. The third-order valence-corrected chi connectivity index (χ3v) is 3.02. The average Bonchev–Trinajstić information content (AvgIpc) is 2.32. The molecule has 0 heterocycles. The van der Waals surface area contributed by atoms with Gasteiger partial charge in [-0.3, -0.25) is 0 Å². The van der Waals surface area contributed by atoms with E-state index in [9.17, 15) is 0 Å². The fraction of sp³-hybridized carbons (Fsp3) is 0.375. The van der Waals surface area contributed by atoms with Gasteiger partial charge in [-0.1, -0.05) is 48.6 Å². The fourth-order valence-corrected chi connectivity index (χ4v) is 2.08. The Bertz CT molecular complexity index is 338. The topological polar surface area (TPSA) is 0 Å². The molecule has 0 heteroatoms. The van der Waals surface area contributed by atoms with Crippen LogP contribution in [0.4, 0.5) is 0 Å². The van der Waals surface area contributed by atoms with Crippen LogP contribution in [0.2, 0.25) is 0 Å². The van der Waals surface area contributed by atoms with Gasteiger partial charge < -0.3 is 0 Å². The van der Waals surface area contributed by atoms with E-state index in [2.05, 4.69) is 48.6 Å². The maximum atomic E-state index is 2.33. The van der Waals surface area contributed by atoms with Crippen LogP contribution in [0.3, 0.4) is 0 Å². The molecule has 0 unspecified atom stereocenters. The Morgan fingerprint density at radius 1 is 0.688 bits per heavy atom. The molecular formula is C16H20. The second-order valence-electron chi connectivity index (χ2n) is 4.46. The van der Waals surface area contributed by atoms with Crippen molar-refractivity contribution >= 4 is 0 Å². The molecule has 0 nitrogen and oxygen atoms in total. The summed E-state index contributed by atoms with van der Waals surface area (Å²) in [7, 11) is 0. The van der Waals surface area contributed by atoms with Crippen molar-refractivity contribution in [2.75, 3.05) is 0 Å². The zero-order chi connectivity index (χ0) is 11.1. The maximum absolute atomic E-state index is 2.33. The van der Waals surface area contributed by atoms with Crippen LogP contribution < -0.4 is 0 Å². The van der Waals surface area contributed by atoms with E-state index in [-0.39, 0.29) is 0 Å². The van der Waals surface area contributed by atoms with Crippen LogP contribution in [0.5, 0.6) is 0 Å². The summed E-state index contributed by atoms with van der Waals surface area (Å²) in [5.41, 5.74) is 2.86. The second kappa shape index (κ2) is 6.32. The molecule has 0 fully saturated rings. The van der Waals surface area contributed by atoms with Gasteiger partial charge in [0.2, 0.25) is 0 Å². The molecule has 2 rings (SSSR count). The highest BCUT2D eigenvalue weighted by molar-refractivity contribution is 5.26. The van der Waals surface area contributed by atoms with Crippen molar-refractivity contribution in [2.24, 2.45) is 0 Å². The van der Waals surface area contributed by atoms with Crippen LogP contribution in [0.25, 0.3) is 0 Å². The molecule has 0 saturated heterocycles. The average molecular weight is 212 g/mol. The molecule has 0 amide bonds. The van der Waals surface area contributed by atoms with E-state index in [0.29, 0.717) is 0 Å². The zero-order valence-corrected chi connectivity index (χ0v) is 9.86. The molecule has 1 aliphatic rings. The molecule has 16 heavy (non-hydrogen) atoms. The molecule has 1 aromatic carbocycles. The van der Waals surface area contributed by atoms with E-state index < -0.39 is 0 Å². The van der Waals surface area contributed by atoms with E-state index >= 15 is 0 Å². The third-order valence-electron chi connectivity index (χ3n) is 3.02. The van der Waals surface area contributed by atoms with Crippen LogP contribution in [0.1, 0.15) is 36.8 Å². The number of fused-ring (bicyclic) bond motifs is 2. The highest BCUT2D eigenvalue weighted by Gasteiger charge is 1.94. The van der Waals surface area contributed by atoms with E-state index in [1.54, 1.807) is 0 Å². The minimum absolute atomic E-state index is 1.08. The van der Waals surface area contributed by atoms with Crippen molar-refractivity contribution in [3.8, 4) is 0 Å². The van der Waals surface area contributed by atoms with E-state index in [4.69, 9.17) is 0 Å². The summed E-state index contributed by atoms with van der Waals surface area (Å²) >= 11 is 0. The highest BCUT2D eigenvalue weighted by Crippen LogP contribution is 2.10. The molecule has 0 atom stereocenters. The SMILES string of the molecule is C1=C\Cc2cccc(c2)C/C=C\CCCC/1. The third kappa shape index (κ3) is 3.69. The van der Waals surface area contributed by atoms with Gasteiger partial charge in [0.1, 0.15) is 0 Å². The van der Waals surface area contributed by atoms with Gasteiger partial charge in [-0.15, -0.1) is 0 Å². The first-order valence-electron chi connectivity index (χ1n) is 6.33. The van der Waals surface area contributed by atoms with Gasteiger partial charge in [0, 0.05) is 0 Å². The first kappa shape index (κ1) is 11.2. The molecule has 0 radical (unpaired) electrons. The van der Waals surface area contributed by atoms with Crippen molar-refractivity contribution in [2.45, 2.75) is 38.5 Å². The Hall–Kier alpha value is -1.30. The monoisotopic (exact) mass is 212 g/mol. The van der Waals surface area contributed by atoms with Crippen molar-refractivity contribution in [3.05, 3.63) is 59.7 Å². The Labute approximate surface area is 98.7 Å². The largest absolute Gasteiger partial charge is 0.0882 e. The van der Waals surface area contributed by atoms with Crippen LogP contribution in [-0.2, 0) is 12.8 Å². The molecular weight excluding hydrogens is 192 g/mol. The molecule has 1 aromatic rings. The normalized spacial score (nSPS) is 21.2. The fourth-order valence-electron chi connectivity index (χ4n) is 2.08. The Kier molecular flexibility index (Phi) is 4.42. The molecule has 0 N–H and O–H groups in total. The van der Waals surface area contributed by atoms with Gasteiger partial charge in [0.05, 0.1) is 0 Å². The lowest BCUT2D eigenvalue weighted by Gasteiger charge is -2.00. The summed E-state index contributed by atoms with van der Waals surface area (Å²) in [6.45, 7) is 0. The number of benzene rings is 1. The second-order valence-corrected chi connectivity index (χ2v) is 4.46. The smallest absolute Gasteiger partial charge is 0.00974 e. The first-order chi connectivity index (χ1) is 7.95. The minimum Gasteiger partial charge on any atom is -0.0882 e. The maximum Gasteiger partial charge on any atom is -0.00974 e. The summed E-state index contributed by atoms with van der Waals surface area (Å²) in [6, 6.07) is 8.94. The number of hydrogen-bond acceptors (Lipinski definition) is 0. The lowest BCUT2D eigenvalue weighted by molar-refractivity contribution is 0.760. The summed E-state index contributed by atoms with van der Waals surface area (Å²) < 4.78 is 0. The number of hydrogen-bond donors (Lipinski definition) is 0. The van der Waals surface area contributed by atoms with Gasteiger partial charge in [0.25, 0.3) is 0 Å². The Balaban J connectivity index is 2.11. The predicted octanol–water partition coefficient (Wildman–Crippen LogP) is 4.46. The lowest BCUT2D eigenvalue weighted by Crippen LogP contribution is -1.85. The minimum atomic E-state index is 1.08. The van der Waals surface area contributed by atoms with E-state index in [1.807, 2.05) is 0 Å². The van der Waals surface area contributed by atoms with E-state index in [1.165, 1.54) is 36.8 Å². The highest BCUT2D eigenvalue weighted by atomic mass is 14.0. The van der Waals surface area contributed by atoms with E-state index in [0.717, 1.165) is 12.8 Å². The Morgan fingerprint density at radius 3 is 1.81 bits per heavy atom. The first-order valence-corrected chi connectivity index (χ1v) is 6.33. The standard InChI is InChI=1S/C16H20/c1-2-4-6-8-11-16-13-9-12-15(14-16)10-7-5-3-1/h5-9,12-14H,1-4,10-11H2/b7-5-,8-6-. The van der Waals surface area contributed by atoms with Gasteiger partial charge in [-0.25, -0.2) is 0 Å². The lowest BCUT2D eigenvalue weighted by atomic mass is 10.1. The van der Waals surface area contributed by atoms with Crippen LogP contribution in [0.15, 0.2) is 48.6 Å². The molecule has 0 spiro atoms. The van der Waals surface area contributed by atoms with Crippen LogP contribution in [0, 0.1) is 0 Å². The quantitative estimate of drug-likeness (QED) is 0.557. The van der Waals surface area contributed by atoms with Crippen molar-refractivity contribution < 1.29 is 0 Å². The van der Waals surface area contributed by atoms with Gasteiger partial charge in [-0.2, -0.15) is 0 Å². The summed E-state index contributed by atoms with van der Waals surface area (Å²) in [5, 5.41) is 0. The zero-order valence-electron chi connectivity index (χ0n) is 9.86. The van der Waals surface area contributed by atoms with Crippen molar-refractivity contribution in [1.82, 2.24) is 0 Å². The molecule has 0 saturated carbocycles. The molecule has 2 bridgehead atoms. The van der Waals surface area contributed by atoms with Crippen LogP contribution >= 0.6 is 0 Å². The van der Waals surface area contributed by atoms with Crippen molar-refractivity contribution in [1.29, 1.82) is 0 Å². The summed E-state index contributed by atoms with van der Waals surface area (Å²) in [6.07, 6.45) is 16.5. The van der Waals surface area contributed by atoms with Gasteiger partial charge in [0.15, 0.2) is 0 Å². The number of allylic oxidation sites excluding steroid dienone is 4. The van der Waals surface area contributed by atoms with Gasteiger partial charge in [-0.05, 0) is 49.7 Å². The molecule has 1 aliphatic carbocycles. The van der Waals surface area contributed by atoms with Gasteiger partial charge >= 0.3 is 0 Å².